The number of carboxylic acid groups (broad SMARTS) is 1. The van der Waals surface area contributed by atoms with Crippen LogP contribution in [-0.4, -0.2) is 45.1 Å². The van der Waals surface area contributed by atoms with Crippen molar-refractivity contribution >= 4 is 24.8 Å². The average Bonchev–Trinajstić information content (AvgIpc) is 2.78. The Morgan fingerprint density at radius 3 is 2.53 bits per heavy atom. The quantitative estimate of drug-likeness (QED) is 0.769. The zero-order chi connectivity index (χ0) is 11.5. The number of H-pyrrole nitrogens is 1. The van der Waals surface area contributed by atoms with Crippen molar-refractivity contribution in [3.05, 3.63) is 47.5 Å². The number of rotatable bonds is 3. The molecule has 1 atom stereocenters. The van der Waals surface area contributed by atoms with E-state index in [2.05, 4.69) is 15.2 Å². The van der Waals surface area contributed by atoms with Gasteiger partial charge in [0.2, 0.25) is 0 Å². The van der Waals surface area contributed by atoms with E-state index in [1.807, 2.05) is 37.3 Å². The second kappa shape index (κ2) is 5.67. The van der Waals surface area contributed by atoms with Crippen LogP contribution in [0.5, 0.6) is 0 Å². The number of aromatic amines is 1. The summed E-state index contributed by atoms with van der Waals surface area (Å²) in [6, 6.07) is 9.72. The maximum absolute atomic E-state index is 10.6. The van der Waals surface area contributed by atoms with Gasteiger partial charge in [-0.1, -0.05) is 37.3 Å². The monoisotopic (exact) mass is 224 g/mol. The van der Waals surface area contributed by atoms with E-state index in [-0.39, 0.29) is 30.6 Å². The molecule has 2 N–H and O–H groups in total. The van der Waals surface area contributed by atoms with Gasteiger partial charge in [0.25, 0.3) is 5.82 Å². The predicted octanol–water partition coefficient (Wildman–Crippen LogP) is 1.27. The van der Waals surface area contributed by atoms with Gasteiger partial charge >= 0.3 is 5.97 Å². The molecule has 17 heavy (non-hydrogen) atoms. The Morgan fingerprint density at radius 2 is 2.00 bits per heavy atom. The van der Waals surface area contributed by atoms with Gasteiger partial charge in [0.1, 0.15) is 5.82 Å². The Labute approximate surface area is 110 Å². The maximum Gasteiger partial charge on any atom is 0.375 e. The molecule has 0 saturated carbocycles. The second-order valence-corrected chi connectivity index (χ2v) is 3.48. The summed E-state index contributed by atoms with van der Waals surface area (Å²) < 4.78 is 0. The number of nitrogens with zero attached hydrogens (tertiary/aromatic N) is 2. The van der Waals surface area contributed by atoms with Crippen molar-refractivity contribution in [3.63, 3.8) is 0 Å². The van der Waals surface area contributed by atoms with Crippen LogP contribution in [0.1, 0.15) is 34.8 Å². The molecule has 1 aromatic heterocycles. The van der Waals surface area contributed by atoms with Gasteiger partial charge in [-0.3, -0.25) is 5.10 Å². The fourth-order valence-corrected chi connectivity index (χ4v) is 1.46. The summed E-state index contributed by atoms with van der Waals surface area (Å²) in [5.74, 6) is -0.758. The van der Waals surface area contributed by atoms with E-state index in [4.69, 9.17) is 5.11 Å². The molecule has 2 aromatic rings. The van der Waals surface area contributed by atoms with Gasteiger partial charge < -0.3 is 5.11 Å². The Balaban J connectivity index is 0.00000144. The minimum absolute atomic E-state index is 0. The van der Waals surface area contributed by atoms with E-state index in [9.17, 15) is 4.79 Å². The number of hydrogen-bond donors (Lipinski definition) is 2. The molecule has 6 heteroatoms. The number of carbonyl (C=O) groups is 1. The summed E-state index contributed by atoms with van der Waals surface area (Å²) in [4.78, 5) is 14.5. The van der Waals surface area contributed by atoms with Gasteiger partial charge in [0, 0.05) is 24.8 Å². The Bertz CT molecular complexity index is 498. The van der Waals surface area contributed by atoms with Gasteiger partial charge in [-0.15, -0.1) is 5.10 Å². The summed E-state index contributed by atoms with van der Waals surface area (Å²) >= 11 is 0. The van der Waals surface area contributed by atoms with Crippen LogP contribution in [0, 0.1) is 0 Å². The number of benzene rings is 1. The number of aromatic carboxylic acids is 1. The van der Waals surface area contributed by atoms with Crippen LogP contribution in [-0.2, 0) is 0 Å². The number of nitrogens with one attached hydrogen (secondary N) is 1. The van der Waals surface area contributed by atoms with Crippen molar-refractivity contribution in [1.29, 1.82) is 0 Å². The third-order valence-electron chi connectivity index (χ3n) is 2.40. The van der Waals surface area contributed by atoms with Crippen LogP contribution in [0.3, 0.4) is 0 Å². The standard InChI is InChI=1S/C11H11N3O2.Li/c1-7(8-5-3-2-4-6-8)9-12-10(11(15)16)14-13-9;/h2-7H,1H3,(H,15,16)(H,12,13,14);. The van der Waals surface area contributed by atoms with Crippen molar-refractivity contribution in [2.24, 2.45) is 0 Å². The molecule has 0 saturated heterocycles. The fourth-order valence-electron chi connectivity index (χ4n) is 1.46. The molecule has 0 aliphatic heterocycles. The first-order valence-corrected chi connectivity index (χ1v) is 4.89. The summed E-state index contributed by atoms with van der Waals surface area (Å²) in [7, 11) is 0. The van der Waals surface area contributed by atoms with Crippen LogP contribution in [0.2, 0.25) is 0 Å². The molecular formula is C11H11LiN3O2. The van der Waals surface area contributed by atoms with Crippen molar-refractivity contribution < 1.29 is 9.90 Å². The largest absolute Gasteiger partial charge is 0.475 e. The first-order chi connectivity index (χ1) is 7.68. The van der Waals surface area contributed by atoms with Gasteiger partial charge in [-0.2, -0.15) is 0 Å². The maximum atomic E-state index is 10.6. The van der Waals surface area contributed by atoms with E-state index in [1.54, 1.807) is 0 Å². The Morgan fingerprint density at radius 1 is 1.35 bits per heavy atom. The van der Waals surface area contributed by atoms with E-state index < -0.39 is 5.97 Å². The first-order valence-electron chi connectivity index (χ1n) is 4.89. The van der Waals surface area contributed by atoms with Crippen molar-refractivity contribution in [1.82, 2.24) is 15.2 Å². The van der Waals surface area contributed by atoms with Crippen LogP contribution in [0.25, 0.3) is 0 Å². The molecule has 2 rings (SSSR count). The van der Waals surface area contributed by atoms with E-state index in [0.29, 0.717) is 5.82 Å². The Hall–Kier alpha value is -1.57. The molecule has 1 aromatic carbocycles. The molecule has 0 spiro atoms. The molecule has 0 fully saturated rings. The molecule has 1 radical (unpaired) electrons. The van der Waals surface area contributed by atoms with Gasteiger partial charge in [-0.25, -0.2) is 9.78 Å². The zero-order valence-electron chi connectivity index (χ0n) is 9.71. The summed E-state index contributed by atoms with van der Waals surface area (Å²) in [5, 5.41) is 15.0. The third-order valence-corrected chi connectivity index (χ3v) is 2.40. The van der Waals surface area contributed by atoms with Gasteiger partial charge in [0.15, 0.2) is 0 Å². The fraction of sp³-hybridized carbons (Fsp3) is 0.182. The van der Waals surface area contributed by atoms with Crippen LogP contribution in [0.4, 0.5) is 0 Å². The number of hydrogen-bond acceptors (Lipinski definition) is 3. The van der Waals surface area contributed by atoms with Crippen LogP contribution in [0.15, 0.2) is 30.3 Å². The topological polar surface area (TPSA) is 78.9 Å². The van der Waals surface area contributed by atoms with E-state index in [0.717, 1.165) is 5.56 Å². The zero-order valence-corrected chi connectivity index (χ0v) is 9.71. The van der Waals surface area contributed by atoms with Gasteiger partial charge in [-0.05, 0) is 5.56 Å². The summed E-state index contributed by atoms with van der Waals surface area (Å²) in [6.45, 7) is 1.95. The minimum atomic E-state index is -1.12. The second-order valence-electron chi connectivity index (χ2n) is 3.48. The summed E-state index contributed by atoms with van der Waals surface area (Å²) in [5.41, 5.74) is 1.07. The van der Waals surface area contributed by atoms with E-state index >= 15 is 0 Å². The Kier molecular flexibility index (Phi) is 4.50. The normalized spacial score (nSPS) is 11.6. The van der Waals surface area contributed by atoms with E-state index in [1.165, 1.54) is 0 Å². The van der Waals surface area contributed by atoms with Crippen molar-refractivity contribution in [2.75, 3.05) is 0 Å². The summed E-state index contributed by atoms with van der Waals surface area (Å²) in [6.07, 6.45) is 0. The molecular weight excluding hydrogens is 213 g/mol. The molecule has 1 heterocycles. The first kappa shape index (κ1) is 13.5. The number of aromatic nitrogens is 3. The molecule has 0 bridgehead atoms. The predicted molar refractivity (Wildman–Crippen MR) is 63.1 cm³/mol. The minimum Gasteiger partial charge on any atom is -0.475 e. The van der Waals surface area contributed by atoms with Crippen molar-refractivity contribution in [2.45, 2.75) is 12.8 Å². The van der Waals surface area contributed by atoms with Crippen LogP contribution < -0.4 is 0 Å². The smallest absolute Gasteiger partial charge is 0.375 e. The number of carboxylic acids is 1. The average molecular weight is 224 g/mol. The van der Waals surface area contributed by atoms with Crippen LogP contribution >= 0.6 is 0 Å². The molecule has 0 amide bonds. The molecule has 0 aliphatic carbocycles. The third kappa shape index (κ3) is 2.96. The molecule has 1 unspecified atom stereocenters. The van der Waals surface area contributed by atoms with Gasteiger partial charge in [0.05, 0.1) is 0 Å². The SMILES string of the molecule is CC(c1ccccc1)c1nc(C(=O)O)n[nH]1.[Li]. The molecule has 5 nitrogen and oxygen atoms in total. The molecule has 83 valence electrons. The van der Waals surface area contributed by atoms with Crippen molar-refractivity contribution in [3.8, 4) is 0 Å². The molecule has 0 aliphatic rings.